The number of fused-ring (bicyclic) bond motifs is 1. The quantitative estimate of drug-likeness (QED) is 0.634. The highest BCUT2D eigenvalue weighted by Crippen LogP contribution is 2.07. The van der Waals surface area contributed by atoms with Crippen molar-refractivity contribution in [3.05, 3.63) is 57.8 Å². The number of rotatable bonds is 7. The van der Waals surface area contributed by atoms with Gasteiger partial charge in [0, 0.05) is 19.4 Å². The average molecular weight is 357 g/mol. The van der Waals surface area contributed by atoms with Crippen LogP contribution in [0.1, 0.15) is 12.8 Å². The fourth-order valence-corrected chi connectivity index (χ4v) is 3.52. The maximum Gasteiger partial charge on any atom is 0.332 e. The Morgan fingerprint density at radius 3 is 2.65 bits per heavy atom. The summed E-state index contributed by atoms with van der Waals surface area (Å²) in [5.41, 5.74) is -0.378. The van der Waals surface area contributed by atoms with E-state index in [1.807, 2.05) is 0 Å². The largest absolute Gasteiger partial charge is 0.349 e. The maximum atomic E-state index is 12.7. The Kier molecular flexibility index (Phi) is 5.68. The van der Waals surface area contributed by atoms with E-state index in [1.54, 1.807) is 24.3 Å². The van der Waals surface area contributed by atoms with E-state index in [9.17, 15) is 14.4 Å². The van der Waals surface area contributed by atoms with Crippen molar-refractivity contribution in [1.82, 2.24) is 14.5 Å². The molecule has 1 aliphatic heterocycles. The van der Waals surface area contributed by atoms with E-state index >= 15 is 0 Å². The molecule has 1 aromatic carbocycles. The van der Waals surface area contributed by atoms with Crippen LogP contribution in [-0.4, -0.2) is 41.2 Å². The number of hydrogen-bond acceptors (Lipinski definition) is 3. The molecule has 2 N–H and O–H groups in total. The van der Waals surface area contributed by atoms with Crippen LogP contribution in [0.5, 0.6) is 0 Å². The van der Waals surface area contributed by atoms with E-state index in [4.69, 9.17) is 0 Å². The van der Waals surface area contributed by atoms with Crippen LogP contribution in [0.15, 0.2) is 46.5 Å². The molecule has 0 spiro atoms. The second kappa shape index (κ2) is 8.14. The van der Waals surface area contributed by atoms with Gasteiger partial charge in [0.25, 0.3) is 5.56 Å². The van der Waals surface area contributed by atoms with Crippen LogP contribution in [0, 0.1) is 0 Å². The molecule has 0 bridgehead atoms. The average Bonchev–Trinajstić information content (AvgIpc) is 3.16. The standard InChI is InChI=1S/C19H24N4O3/c1-2-10-22-18(25)15-7-3-4-8-16(15)23(19(22)26)14-17(24)20-9-13-21-11-5-6-12-21/h2-4,7-8H,1,5-6,9-14H2,(H,20,24)/p+1. The van der Waals surface area contributed by atoms with E-state index < -0.39 is 5.69 Å². The number of nitrogens with one attached hydrogen (secondary N) is 2. The maximum absolute atomic E-state index is 12.7. The number of allylic oxidation sites excluding steroid dienone is 1. The number of hydrogen-bond donors (Lipinski definition) is 2. The van der Waals surface area contributed by atoms with Gasteiger partial charge >= 0.3 is 5.69 Å². The SMILES string of the molecule is C=CCn1c(=O)c2ccccc2n(CC(=O)NCC[NH+]2CCCC2)c1=O. The fraction of sp³-hybridized carbons (Fsp3) is 0.421. The van der Waals surface area contributed by atoms with Gasteiger partial charge in [0.2, 0.25) is 5.91 Å². The zero-order valence-electron chi connectivity index (χ0n) is 14.9. The van der Waals surface area contributed by atoms with Crippen LogP contribution in [0.25, 0.3) is 10.9 Å². The molecule has 1 aromatic heterocycles. The smallest absolute Gasteiger partial charge is 0.332 e. The van der Waals surface area contributed by atoms with Crippen molar-refractivity contribution in [3.8, 4) is 0 Å². The van der Waals surface area contributed by atoms with Crippen LogP contribution < -0.4 is 21.5 Å². The number of carbonyl (C=O) groups excluding carboxylic acids is 1. The normalized spacial score (nSPS) is 14.6. The Hall–Kier alpha value is -2.67. The molecule has 0 atom stereocenters. The van der Waals surface area contributed by atoms with Crippen LogP contribution in [-0.2, 0) is 17.9 Å². The number of likely N-dealkylation sites (tertiary alicyclic amines) is 1. The van der Waals surface area contributed by atoms with Crippen molar-refractivity contribution >= 4 is 16.8 Å². The molecule has 138 valence electrons. The Bertz CT molecular complexity index is 923. The van der Waals surface area contributed by atoms with Crippen molar-refractivity contribution < 1.29 is 9.69 Å². The summed E-state index contributed by atoms with van der Waals surface area (Å²) in [4.78, 5) is 39.1. The zero-order chi connectivity index (χ0) is 18.5. The molecule has 1 amide bonds. The van der Waals surface area contributed by atoms with Crippen molar-refractivity contribution in [2.24, 2.45) is 0 Å². The molecule has 3 rings (SSSR count). The second-order valence-corrected chi connectivity index (χ2v) is 6.65. The van der Waals surface area contributed by atoms with Gasteiger partial charge in [-0.1, -0.05) is 18.2 Å². The van der Waals surface area contributed by atoms with E-state index in [0.717, 1.165) is 24.2 Å². The molecule has 0 radical (unpaired) electrons. The number of quaternary nitrogens is 1. The van der Waals surface area contributed by atoms with E-state index in [2.05, 4.69) is 11.9 Å². The molecule has 1 fully saturated rings. The predicted molar refractivity (Wildman–Crippen MR) is 100 cm³/mol. The monoisotopic (exact) mass is 357 g/mol. The second-order valence-electron chi connectivity index (χ2n) is 6.65. The summed E-state index contributed by atoms with van der Waals surface area (Å²) in [6.45, 7) is 7.42. The molecule has 2 heterocycles. The Balaban J connectivity index is 1.81. The van der Waals surface area contributed by atoms with Gasteiger partial charge in [0.15, 0.2) is 0 Å². The van der Waals surface area contributed by atoms with E-state index in [1.165, 1.54) is 28.4 Å². The summed E-state index contributed by atoms with van der Waals surface area (Å²) in [5.74, 6) is -0.223. The minimum Gasteiger partial charge on any atom is -0.349 e. The van der Waals surface area contributed by atoms with Gasteiger partial charge in [-0.25, -0.2) is 4.79 Å². The summed E-state index contributed by atoms with van der Waals surface area (Å²) in [5, 5.41) is 3.31. The minimum absolute atomic E-state index is 0.105. The molecular weight excluding hydrogens is 332 g/mol. The van der Waals surface area contributed by atoms with E-state index in [0.29, 0.717) is 17.4 Å². The van der Waals surface area contributed by atoms with E-state index in [-0.39, 0.29) is 24.6 Å². The molecule has 1 saturated heterocycles. The summed E-state index contributed by atoms with van der Waals surface area (Å²) in [6, 6.07) is 6.86. The van der Waals surface area contributed by atoms with Crippen LogP contribution in [0.4, 0.5) is 0 Å². The summed E-state index contributed by atoms with van der Waals surface area (Å²) in [6.07, 6.45) is 3.99. The highest BCUT2D eigenvalue weighted by molar-refractivity contribution is 5.81. The Morgan fingerprint density at radius 2 is 1.92 bits per heavy atom. The Morgan fingerprint density at radius 1 is 1.19 bits per heavy atom. The van der Waals surface area contributed by atoms with Gasteiger partial charge in [0.05, 0.1) is 37.1 Å². The molecule has 7 nitrogen and oxygen atoms in total. The summed E-state index contributed by atoms with van der Waals surface area (Å²) >= 11 is 0. The van der Waals surface area contributed by atoms with Gasteiger partial charge in [-0.3, -0.25) is 18.7 Å². The third kappa shape index (κ3) is 3.77. The predicted octanol–water partition coefficient (Wildman–Crippen LogP) is -0.856. The van der Waals surface area contributed by atoms with Gasteiger partial charge in [-0.2, -0.15) is 0 Å². The summed E-state index contributed by atoms with van der Waals surface area (Å²) in [7, 11) is 0. The van der Waals surface area contributed by atoms with Crippen LogP contribution >= 0.6 is 0 Å². The molecule has 0 aliphatic carbocycles. The summed E-state index contributed by atoms with van der Waals surface area (Å²) < 4.78 is 2.47. The van der Waals surface area contributed by atoms with Gasteiger partial charge < -0.3 is 10.2 Å². The van der Waals surface area contributed by atoms with Crippen molar-refractivity contribution in [2.75, 3.05) is 26.2 Å². The first kappa shape index (κ1) is 18.1. The highest BCUT2D eigenvalue weighted by atomic mass is 16.2. The van der Waals surface area contributed by atoms with Crippen molar-refractivity contribution in [3.63, 3.8) is 0 Å². The molecule has 26 heavy (non-hydrogen) atoms. The minimum atomic E-state index is -0.492. The third-order valence-corrected chi connectivity index (χ3v) is 4.86. The number of benzene rings is 1. The molecule has 1 aliphatic rings. The zero-order valence-corrected chi connectivity index (χ0v) is 14.9. The molecule has 0 unspecified atom stereocenters. The fourth-order valence-electron chi connectivity index (χ4n) is 3.52. The van der Waals surface area contributed by atoms with Crippen LogP contribution in [0.2, 0.25) is 0 Å². The molecular formula is C19H25N4O3+. The van der Waals surface area contributed by atoms with Crippen molar-refractivity contribution in [2.45, 2.75) is 25.9 Å². The lowest BCUT2D eigenvalue weighted by atomic mass is 10.2. The number of aromatic nitrogens is 2. The van der Waals surface area contributed by atoms with Gasteiger partial charge in [0.1, 0.15) is 6.54 Å². The number of amides is 1. The molecule has 7 heteroatoms. The lowest BCUT2D eigenvalue weighted by Gasteiger charge is -2.15. The Labute approximate surface area is 151 Å². The van der Waals surface area contributed by atoms with Gasteiger partial charge in [-0.05, 0) is 12.1 Å². The third-order valence-electron chi connectivity index (χ3n) is 4.86. The van der Waals surface area contributed by atoms with Gasteiger partial charge in [-0.15, -0.1) is 6.58 Å². The first-order chi connectivity index (χ1) is 12.6. The topological polar surface area (TPSA) is 77.5 Å². The first-order valence-electron chi connectivity index (χ1n) is 9.05. The van der Waals surface area contributed by atoms with Crippen molar-refractivity contribution in [1.29, 1.82) is 0 Å². The number of carbonyl (C=O) groups is 1. The number of para-hydroxylation sites is 1. The lowest BCUT2D eigenvalue weighted by molar-refractivity contribution is -0.886. The van der Waals surface area contributed by atoms with Crippen LogP contribution in [0.3, 0.4) is 0 Å². The molecule has 0 saturated carbocycles. The number of nitrogens with zero attached hydrogens (tertiary/aromatic N) is 2. The first-order valence-corrected chi connectivity index (χ1v) is 9.05. The highest BCUT2D eigenvalue weighted by Gasteiger charge is 2.16. The lowest BCUT2D eigenvalue weighted by Crippen LogP contribution is -3.10. The molecule has 2 aromatic rings.